The molecule has 2 heterocycles. The van der Waals surface area contributed by atoms with Gasteiger partial charge in [-0.15, -0.1) is 0 Å². The largest absolute Gasteiger partial charge is 0.405 e. The Balaban J connectivity index is 1.78. The second-order valence-electron chi connectivity index (χ2n) is 7.07. The van der Waals surface area contributed by atoms with Crippen LogP contribution in [0.25, 0.3) is 0 Å². The molecule has 0 aromatic carbocycles. The molecule has 0 radical (unpaired) electrons. The van der Waals surface area contributed by atoms with Gasteiger partial charge in [-0.2, -0.15) is 18.3 Å². The van der Waals surface area contributed by atoms with Crippen LogP contribution in [0.2, 0.25) is 0 Å². The van der Waals surface area contributed by atoms with Gasteiger partial charge in [0.2, 0.25) is 5.91 Å². The van der Waals surface area contributed by atoms with Gasteiger partial charge in [0.05, 0.1) is 23.9 Å². The zero-order valence-corrected chi connectivity index (χ0v) is 15.5. The number of rotatable bonds is 7. The van der Waals surface area contributed by atoms with Crippen LogP contribution in [0, 0.1) is 5.41 Å². The van der Waals surface area contributed by atoms with Crippen molar-refractivity contribution in [3.8, 4) is 0 Å². The van der Waals surface area contributed by atoms with Gasteiger partial charge < -0.3 is 15.6 Å². The zero-order valence-electron chi connectivity index (χ0n) is 15.5. The molecular weight excluding hydrogens is 373 g/mol. The molecule has 0 unspecified atom stereocenters. The number of halogens is 3. The van der Waals surface area contributed by atoms with Crippen LogP contribution in [0.3, 0.4) is 0 Å². The first-order valence-electron chi connectivity index (χ1n) is 9.07. The number of carbonyl (C=O) groups excluding carboxylic acids is 1. The number of hydrogen-bond acceptors (Lipinski definition) is 4. The van der Waals surface area contributed by atoms with Crippen LogP contribution >= 0.6 is 0 Å². The Labute approximate surface area is 160 Å². The molecule has 10 heteroatoms. The van der Waals surface area contributed by atoms with Crippen LogP contribution in [-0.2, 0) is 10.3 Å². The fraction of sp³-hybridized carbons (Fsp3) is 0.500. The SMILES string of the molecule is CNc1[nH]ccc1C(=N)c1cnn(C2(CC(=O)NCC(F)(F)F)CCCC2)c1. The van der Waals surface area contributed by atoms with E-state index < -0.39 is 24.2 Å². The Kier molecular flexibility index (Phi) is 5.48. The minimum absolute atomic E-state index is 0.0660. The number of aromatic amines is 1. The third kappa shape index (κ3) is 4.20. The number of amides is 1. The van der Waals surface area contributed by atoms with Crippen molar-refractivity contribution in [2.75, 3.05) is 18.9 Å². The molecule has 0 spiro atoms. The van der Waals surface area contributed by atoms with Crippen molar-refractivity contribution in [1.29, 1.82) is 5.41 Å². The summed E-state index contributed by atoms with van der Waals surface area (Å²) < 4.78 is 38.8. The van der Waals surface area contributed by atoms with E-state index in [4.69, 9.17) is 5.41 Å². The summed E-state index contributed by atoms with van der Waals surface area (Å²) in [5.41, 5.74) is 0.883. The van der Waals surface area contributed by atoms with Gasteiger partial charge in [0.15, 0.2) is 0 Å². The predicted molar refractivity (Wildman–Crippen MR) is 98.6 cm³/mol. The lowest BCUT2D eigenvalue weighted by atomic mass is 9.93. The normalized spacial score (nSPS) is 16.1. The Morgan fingerprint density at radius 2 is 2.11 bits per heavy atom. The lowest BCUT2D eigenvalue weighted by Gasteiger charge is -2.29. The molecule has 2 aromatic heterocycles. The molecule has 4 N–H and O–H groups in total. The molecule has 1 saturated carbocycles. The van der Waals surface area contributed by atoms with Crippen LogP contribution in [0.5, 0.6) is 0 Å². The van der Waals surface area contributed by atoms with E-state index in [1.807, 2.05) is 5.32 Å². The quantitative estimate of drug-likeness (QED) is 0.542. The van der Waals surface area contributed by atoms with E-state index in [2.05, 4.69) is 15.4 Å². The Morgan fingerprint density at radius 1 is 1.39 bits per heavy atom. The number of H-pyrrole nitrogens is 1. The summed E-state index contributed by atoms with van der Waals surface area (Å²) in [7, 11) is 1.75. The molecule has 0 saturated heterocycles. The third-order valence-electron chi connectivity index (χ3n) is 5.13. The third-order valence-corrected chi connectivity index (χ3v) is 5.13. The summed E-state index contributed by atoms with van der Waals surface area (Å²) in [5.74, 6) is 0.0642. The van der Waals surface area contributed by atoms with Gasteiger partial charge in [-0.25, -0.2) is 0 Å². The Hall–Kier alpha value is -2.78. The van der Waals surface area contributed by atoms with Gasteiger partial charge in [-0.05, 0) is 18.9 Å². The van der Waals surface area contributed by atoms with Crippen molar-refractivity contribution in [3.05, 3.63) is 35.8 Å². The van der Waals surface area contributed by atoms with Crippen LogP contribution in [-0.4, -0.2) is 46.2 Å². The fourth-order valence-electron chi connectivity index (χ4n) is 3.73. The lowest BCUT2D eigenvalue weighted by molar-refractivity contribution is -0.139. The molecule has 152 valence electrons. The number of aromatic nitrogens is 3. The van der Waals surface area contributed by atoms with E-state index in [-0.39, 0.29) is 12.1 Å². The average molecular weight is 396 g/mol. The van der Waals surface area contributed by atoms with E-state index >= 15 is 0 Å². The van der Waals surface area contributed by atoms with Crippen molar-refractivity contribution < 1.29 is 18.0 Å². The summed E-state index contributed by atoms with van der Waals surface area (Å²) in [6.45, 7) is -1.34. The maximum absolute atomic E-state index is 12.4. The smallest absolute Gasteiger partial charge is 0.374 e. The highest BCUT2D eigenvalue weighted by molar-refractivity contribution is 6.13. The molecule has 0 bridgehead atoms. The first kappa shape index (κ1) is 20.0. The number of nitrogens with zero attached hydrogens (tertiary/aromatic N) is 2. The molecular formula is C18H23F3N6O. The lowest BCUT2D eigenvalue weighted by Crippen LogP contribution is -2.40. The minimum atomic E-state index is -4.44. The second kappa shape index (κ2) is 7.69. The van der Waals surface area contributed by atoms with Gasteiger partial charge in [-0.1, -0.05) is 12.8 Å². The first-order chi connectivity index (χ1) is 13.2. The van der Waals surface area contributed by atoms with Crippen LogP contribution in [0.4, 0.5) is 19.0 Å². The molecule has 1 amide bonds. The summed E-state index contributed by atoms with van der Waals surface area (Å²) >= 11 is 0. The molecule has 1 aliphatic carbocycles. The highest BCUT2D eigenvalue weighted by atomic mass is 19.4. The standard InChI is InChI=1S/C18H23F3N6O/c1-23-16-13(4-7-24-16)15(22)12-9-26-27(10-12)17(5-2-3-6-17)8-14(28)25-11-18(19,20)21/h4,7,9-10,22-24H,2-3,5-6,8,11H2,1H3,(H,25,28). The van der Waals surface area contributed by atoms with Gasteiger partial charge in [0.25, 0.3) is 0 Å². The predicted octanol–water partition coefficient (Wildman–Crippen LogP) is 3.01. The second-order valence-corrected chi connectivity index (χ2v) is 7.07. The Bertz CT molecular complexity index is 848. The average Bonchev–Trinajstić information content (AvgIpc) is 3.38. The van der Waals surface area contributed by atoms with Crippen LogP contribution in [0.15, 0.2) is 24.7 Å². The summed E-state index contributed by atoms with van der Waals surface area (Å²) in [4.78, 5) is 15.1. The van der Waals surface area contributed by atoms with E-state index in [0.29, 0.717) is 29.8 Å². The van der Waals surface area contributed by atoms with Gasteiger partial charge >= 0.3 is 6.18 Å². The van der Waals surface area contributed by atoms with Crippen molar-refractivity contribution in [1.82, 2.24) is 20.1 Å². The molecule has 1 fully saturated rings. The number of hydrogen-bond donors (Lipinski definition) is 4. The summed E-state index contributed by atoms with van der Waals surface area (Å²) in [6, 6.07) is 1.78. The van der Waals surface area contributed by atoms with E-state index in [9.17, 15) is 18.0 Å². The molecule has 0 atom stereocenters. The summed E-state index contributed by atoms with van der Waals surface area (Å²) in [6.07, 6.45) is 3.56. The highest BCUT2D eigenvalue weighted by Crippen LogP contribution is 2.39. The van der Waals surface area contributed by atoms with Crippen LogP contribution in [0.1, 0.15) is 43.2 Å². The number of carbonyl (C=O) groups is 1. The molecule has 7 nitrogen and oxygen atoms in total. The molecule has 0 aliphatic heterocycles. The number of nitrogens with one attached hydrogen (secondary N) is 4. The van der Waals surface area contributed by atoms with Crippen molar-refractivity contribution >= 4 is 17.4 Å². The molecule has 3 rings (SSSR count). The van der Waals surface area contributed by atoms with Gasteiger partial charge in [0, 0.05) is 30.6 Å². The monoisotopic (exact) mass is 396 g/mol. The molecule has 28 heavy (non-hydrogen) atoms. The minimum Gasteiger partial charge on any atom is -0.374 e. The number of alkyl halides is 3. The van der Waals surface area contributed by atoms with Crippen molar-refractivity contribution in [2.45, 2.75) is 43.8 Å². The first-order valence-corrected chi connectivity index (χ1v) is 9.07. The van der Waals surface area contributed by atoms with Gasteiger partial charge in [-0.3, -0.25) is 14.9 Å². The maximum atomic E-state index is 12.4. The molecule has 1 aliphatic rings. The number of anilines is 1. The van der Waals surface area contributed by atoms with Crippen LogP contribution < -0.4 is 10.6 Å². The summed E-state index contributed by atoms with van der Waals surface area (Å²) in [5, 5.41) is 17.7. The zero-order chi connectivity index (χ0) is 20.4. The van der Waals surface area contributed by atoms with Crippen molar-refractivity contribution in [2.24, 2.45) is 0 Å². The van der Waals surface area contributed by atoms with Crippen molar-refractivity contribution in [3.63, 3.8) is 0 Å². The Morgan fingerprint density at radius 3 is 2.75 bits per heavy atom. The van der Waals surface area contributed by atoms with E-state index in [1.165, 1.54) is 0 Å². The molecule has 2 aromatic rings. The topological polar surface area (TPSA) is 98.6 Å². The highest BCUT2D eigenvalue weighted by Gasteiger charge is 2.39. The van der Waals surface area contributed by atoms with E-state index in [0.717, 1.165) is 12.8 Å². The fourth-order valence-corrected chi connectivity index (χ4v) is 3.73. The van der Waals surface area contributed by atoms with Gasteiger partial charge in [0.1, 0.15) is 12.4 Å². The maximum Gasteiger partial charge on any atom is 0.405 e. The van der Waals surface area contributed by atoms with E-state index in [1.54, 1.807) is 36.4 Å².